The van der Waals surface area contributed by atoms with E-state index in [0.717, 1.165) is 19.3 Å². The smallest absolute Gasteiger partial charge is 0.240 e. The molecule has 0 bridgehead atoms. The molecule has 0 saturated heterocycles. The van der Waals surface area contributed by atoms with Crippen LogP contribution in [-0.2, 0) is 9.59 Å². The van der Waals surface area contributed by atoms with Gasteiger partial charge in [0.1, 0.15) is 6.04 Å². The van der Waals surface area contributed by atoms with Gasteiger partial charge in [-0.05, 0) is 31.1 Å². The van der Waals surface area contributed by atoms with Gasteiger partial charge in [0.05, 0.1) is 0 Å². The Bertz CT molecular complexity index is 270. The molecule has 1 atom stereocenters. The third kappa shape index (κ3) is 3.53. The average Bonchev–Trinajstić information content (AvgIpc) is 2.96. The number of hydrogen-bond donors (Lipinski definition) is 2. The summed E-state index contributed by atoms with van der Waals surface area (Å²) in [4.78, 5) is 22.6. The van der Waals surface area contributed by atoms with Crippen molar-refractivity contribution in [2.24, 2.45) is 17.6 Å². The lowest BCUT2D eigenvalue weighted by Crippen LogP contribution is -2.44. The quantitative estimate of drug-likeness (QED) is 0.672. The third-order valence-electron chi connectivity index (χ3n) is 3.12. The summed E-state index contributed by atoms with van der Waals surface area (Å²) in [6.45, 7) is 0. The van der Waals surface area contributed by atoms with Crippen LogP contribution in [0.1, 0.15) is 38.5 Å². The number of amides is 2. The normalized spacial score (nSPS) is 22.1. The van der Waals surface area contributed by atoms with E-state index in [1.165, 1.54) is 12.8 Å². The van der Waals surface area contributed by atoms with Crippen LogP contribution in [0.2, 0.25) is 0 Å². The van der Waals surface area contributed by atoms with Crippen molar-refractivity contribution in [3.63, 3.8) is 0 Å². The largest absolute Gasteiger partial charge is 0.368 e. The Labute approximate surface area is 89.6 Å². The molecule has 0 heterocycles. The minimum absolute atomic E-state index is 0.0121. The maximum atomic E-state index is 11.5. The van der Waals surface area contributed by atoms with E-state index in [2.05, 4.69) is 5.32 Å². The molecule has 0 aliphatic heterocycles. The average molecular weight is 210 g/mol. The van der Waals surface area contributed by atoms with E-state index in [1.54, 1.807) is 0 Å². The molecule has 2 saturated carbocycles. The summed E-state index contributed by atoms with van der Waals surface area (Å²) >= 11 is 0. The van der Waals surface area contributed by atoms with Crippen LogP contribution in [0.15, 0.2) is 0 Å². The summed E-state index contributed by atoms with van der Waals surface area (Å²) in [7, 11) is 0. The minimum atomic E-state index is -0.441. The Kier molecular flexibility index (Phi) is 2.93. The summed E-state index contributed by atoms with van der Waals surface area (Å²) in [5.74, 6) is 0.746. The zero-order valence-corrected chi connectivity index (χ0v) is 8.87. The molecule has 2 fully saturated rings. The highest BCUT2D eigenvalue weighted by atomic mass is 16.2. The van der Waals surface area contributed by atoms with Crippen molar-refractivity contribution >= 4 is 11.8 Å². The molecule has 0 spiro atoms. The van der Waals surface area contributed by atoms with Crippen LogP contribution in [0.25, 0.3) is 0 Å². The maximum Gasteiger partial charge on any atom is 0.240 e. The highest BCUT2D eigenvalue weighted by Crippen LogP contribution is 2.34. The highest BCUT2D eigenvalue weighted by Gasteiger charge is 2.30. The van der Waals surface area contributed by atoms with E-state index in [1.807, 2.05) is 0 Å². The molecular formula is C11H18N2O2. The number of primary amides is 1. The van der Waals surface area contributed by atoms with E-state index in [-0.39, 0.29) is 5.91 Å². The minimum Gasteiger partial charge on any atom is -0.368 e. The predicted octanol–water partition coefficient (Wildman–Crippen LogP) is 0.557. The Morgan fingerprint density at radius 3 is 2.27 bits per heavy atom. The highest BCUT2D eigenvalue weighted by molar-refractivity contribution is 5.86. The standard InChI is InChI=1S/C11H18N2O2/c12-11(15)9(5-7-1-2-7)13-10(14)6-8-3-4-8/h7-9H,1-6H2,(H2,12,15)(H,13,14)/t9-/m0/s1. The van der Waals surface area contributed by atoms with E-state index in [9.17, 15) is 9.59 Å². The molecule has 2 amide bonds. The van der Waals surface area contributed by atoms with Gasteiger partial charge in [0, 0.05) is 6.42 Å². The molecule has 2 aliphatic rings. The van der Waals surface area contributed by atoms with Crippen LogP contribution in [0.4, 0.5) is 0 Å². The van der Waals surface area contributed by atoms with Gasteiger partial charge in [-0.3, -0.25) is 9.59 Å². The van der Waals surface area contributed by atoms with Crippen LogP contribution >= 0.6 is 0 Å². The van der Waals surface area contributed by atoms with Crippen molar-refractivity contribution in [2.45, 2.75) is 44.6 Å². The number of carbonyl (C=O) groups excluding carboxylic acids is 2. The molecule has 3 N–H and O–H groups in total. The molecular weight excluding hydrogens is 192 g/mol. The molecule has 4 nitrogen and oxygen atoms in total. The van der Waals surface area contributed by atoms with Gasteiger partial charge in [0.15, 0.2) is 0 Å². The third-order valence-corrected chi connectivity index (χ3v) is 3.12. The summed E-state index contributed by atoms with van der Waals surface area (Å²) in [5, 5.41) is 2.75. The van der Waals surface area contributed by atoms with Gasteiger partial charge >= 0.3 is 0 Å². The molecule has 0 radical (unpaired) electrons. The molecule has 0 aromatic heterocycles. The first kappa shape index (κ1) is 10.5. The number of hydrogen-bond acceptors (Lipinski definition) is 2. The van der Waals surface area contributed by atoms with Crippen molar-refractivity contribution in [1.29, 1.82) is 0 Å². The van der Waals surface area contributed by atoms with Gasteiger partial charge in [0.25, 0.3) is 0 Å². The lowest BCUT2D eigenvalue weighted by atomic mass is 10.1. The van der Waals surface area contributed by atoms with E-state index < -0.39 is 11.9 Å². The van der Waals surface area contributed by atoms with Gasteiger partial charge in [-0.1, -0.05) is 12.8 Å². The summed E-state index contributed by atoms with van der Waals surface area (Å²) in [6.07, 6.45) is 5.93. The zero-order valence-electron chi connectivity index (χ0n) is 8.87. The zero-order chi connectivity index (χ0) is 10.8. The lowest BCUT2D eigenvalue weighted by Gasteiger charge is -2.14. The van der Waals surface area contributed by atoms with Gasteiger partial charge in [-0.2, -0.15) is 0 Å². The van der Waals surface area contributed by atoms with Crippen molar-refractivity contribution in [3.8, 4) is 0 Å². The second-order valence-electron chi connectivity index (χ2n) is 4.85. The van der Waals surface area contributed by atoms with Crippen LogP contribution < -0.4 is 11.1 Å². The fourth-order valence-electron chi connectivity index (χ4n) is 1.77. The first-order valence-electron chi connectivity index (χ1n) is 5.74. The number of nitrogens with two attached hydrogens (primary N) is 1. The Morgan fingerprint density at radius 1 is 1.20 bits per heavy atom. The Balaban J connectivity index is 1.75. The number of rotatable bonds is 6. The van der Waals surface area contributed by atoms with Crippen molar-refractivity contribution < 1.29 is 9.59 Å². The van der Waals surface area contributed by atoms with Gasteiger partial charge < -0.3 is 11.1 Å². The molecule has 0 aromatic carbocycles. The van der Waals surface area contributed by atoms with Crippen molar-refractivity contribution in [2.75, 3.05) is 0 Å². The number of carbonyl (C=O) groups is 2. The monoisotopic (exact) mass is 210 g/mol. The first-order chi connectivity index (χ1) is 7.15. The summed E-state index contributed by atoms with van der Waals surface area (Å²) < 4.78 is 0. The maximum absolute atomic E-state index is 11.5. The first-order valence-corrected chi connectivity index (χ1v) is 5.74. The molecule has 84 valence electrons. The molecule has 2 rings (SSSR count). The molecule has 4 heteroatoms. The topological polar surface area (TPSA) is 72.2 Å². The van der Waals surface area contributed by atoms with Gasteiger partial charge in [-0.25, -0.2) is 0 Å². The van der Waals surface area contributed by atoms with Gasteiger partial charge in [-0.15, -0.1) is 0 Å². The van der Waals surface area contributed by atoms with Crippen molar-refractivity contribution in [3.05, 3.63) is 0 Å². The van der Waals surface area contributed by atoms with Crippen LogP contribution in [0, 0.1) is 11.8 Å². The molecule has 0 unspecified atom stereocenters. The number of nitrogens with one attached hydrogen (secondary N) is 1. The van der Waals surface area contributed by atoms with E-state index in [4.69, 9.17) is 5.73 Å². The molecule has 2 aliphatic carbocycles. The molecule has 0 aromatic rings. The Hall–Kier alpha value is -1.06. The SMILES string of the molecule is NC(=O)[C@H](CC1CC1)NC(=O)CC1CC1. The predicted molar refractivity (Wildman–Crippen MR) is 55.8 cm³/mol. The van der Waals surface area contributed by atoms with Gasteiger partial charge in [0.2, 0.25) is 11.8 Å². The summed E-state index contributed by atoms with van der Waals surface area (Å²) in [5.41, 5.74) is 5.25. The van der Waals surface area contributed by atoms with E-state index in [0.29, 0.717) is 18.3 Å². The van der Waals surface area contributed by atoms with E-state index >= 15 is 0 Å². The van der Waals surface area contributed by atoms with Crippen LogP contribution in [0.5, 0.6) is 0 Å². The van der Waals surface area contributed by atoms with Crippen LogP contribution in [0.3, 0.4) is 0 Å². The van der Waals surface area contributed by atoms with Crippen LogP contribution in [-0.4, -0.2) is 17.9 Å². The Morgan fingerprint density at radius 2 is 1.80 bits per heavy atom. The second kappa shape index (κ2) is 4.21. The summed E-state index contributed by atoms with van der Waals surface area (Å²) in [6, 6.07) is -0.441. The fourth-order valence-corrected chi connectivity index (χ4v) is 1.77. The van der Waals surface area contributed by atoms with Crippen molar-refractivity contribution in [1.82, 2.24) is 5.32 Å². The second-order valence-corrected chi connectivity index (χ2v) is 4.85. The fraction of sp³-hybridized carbons (Fsp3) is 0.818. The lowest BCUT2D eigenvalue weighted by molar-refractivity contribution is -0.127. The molecule has 15 heavy (non-hydrogen) atoms.